The Hall–Kier alpha value is -2.42. The minimum absolute atomic E-state index is 0.143. The van der Waals surface area contributed by atoms with Crippen LogP contribution in [0.1, 0.15) is 49.0 Å². The van der Waals surface area contributed by atoms with Crippen molar-refractivity contribution in [1.29, 1.82) is 0 Å². The third-order valence-corrected chi connectivity index (χ3v) is 5.25. The Morgan fingerprint density at radius 3 is 2.82 bits per heavy atom. The van der Waals surface area contributed by atoms with Crippen molar-refractivity contribution in [2.45, 2.75) is 43.8 Å². The first kappa shape index (κ1) is 18.9. The first-order chi connectivity index (χ1) is 13.4. The predicted octanol–water partition coefficient (Wildman–Crippen LogP) is 3.45. The van der Waals surface area contributed by atoms with Crippen molar-refractivity contribution >= 4 is 11.6 Å². The standard InChI is InChI=1S/C19H22F3N5O/c20-19(21,22)14-4-1-5-15(9-14)24-17(28)11-26-8-2-3-13(10-26)18-25-23-12-27(18)16-6-7-16/h1,4-5,9,12-13,16H,2-3,6-8,10-11H2,(H,24,28). The predicted molar refractivity (Wildman–Crippen MR) is 96.8 cm³/mol. The van der Waals surface area contributed by atoms with Crippen molar-refractivity contribution < 1.29 is 18.0 Å². The molecule has 1 aromatic carbocycles. The summed E-state index contributed by atoms with van der Waals surface area (Å²) >= 11 is 0. The molecule has 2 aliphatic rings. The molecule has 9 heteroatoms. The largest absolute Gasteiger partial charge is 0.416 e. The zero-order valence-electron chi connectivity index (χ0n) is 15.3. The van der Waals surface area contributed by atoms with Crippen LogP contribution < -0.4 is 5.32 Å². The van der Waals surface area contributed by atoms with Gasteiger partial charge in [-0.1, -0.05) is 6.07 Å². The lowest BCUT2D eigenvalue weighted by atomic mass is 9.97. The van der Waals surface area contributed by atoms with Crippen LogP contribution in [0.2, 0.25) is 0 Å². The zero-order valence-corrected chi connectivity index (χ0v) is 15.3. The Morgan fingerprint density at radius 2 is 2.07 bits per heavy atom. The van der Waals surface area contributed by atoms with Crippen LogP contribution in [0.3, 0.4) is 0 Å². The van der Waals surface area contributed by atoms with Crippen LogP contribution in [-0.4, -0.2) is 45.2 Å². The fourth-order valence-corrected chi connectivity index (χ4v) is 3.76. The fourth-order valence-electron chi connectivity index (χ4n) is 3.76. The van der Waals surface area contributed by atoms with Gasteiger partial charge in [-0.15, -0.1) is 10.2 Å². The molecule has 1 atom stereocenters. The number of amides is 1. The van der Waals surface area contributed by atoms with Crippen molar-refractivity contribution in [3.63, 3.8) is 0 Å². The summed E-state index contributed by atoms with van der Waals surface area (Å²) in [5.74, 6) is 0.882. The first-order valence-electron chi connectivity index (χ1n) is 9.49. The number of carbonyl (C=O) groups is 1. The molecular formula is C19H22F3N5O. The summed E-state index contributed by atoms with van der Waals surface area (Å²) in [4.78, 5) is 14.4. The Kier molecular flexibility index (Phi) is 5.09. The van der Waals surface area contributed by atoms with Crippen LogP contribution in [-0.2, 0) is 11.0 Å². The van der Waals surface area contributed by atoms with Crippen molar-refractivity contribution in [2.24, 2.45) is 0 Å². The molecule has 150 valence electrons. The number of halogens is 3. The van der Waals surface area contributed by atoms with Crippen molar-refractivity contribution in [3.8, 4) is 0 Å². The molecule has 1 aliphatic carbocycles. The highest BCUT2D eigenvalue weighted by Gasteiger charge is 2.32. The number of rotatable bonds is 5. The van der Waals surface area contributed by atoms with E-state index in [1.54, 1.807) is 6.33 Å². The Balaban J connectivity index is 1.36. The summed E-state index contributed by atoms with van der Waals surface area (Å²) in [6, 6.07) is 5.20. The van der Waals surface area contributed by atoms with E-state index in [1.807, 2.05) is 4.90 Å². The molecule has 1 aromatic heterocycles. The van der Waals surface area contributed by atoms with Gasteiger partial charge in [-0.05, 0) is 50.4 Å². The lowest BCUT2D eigenvalue weighted by molar-refractivity contribution is -0.137. The van der Waals surface area contributed by atoms with Crippen molar-refractivity contribution in [2.75, 3.05) is 25.0 Å². The third kappa shape index (κ3) is 4.35. The third-order valence-electron chi connectivity index (χ3n) is 5.25. The highest BCUT2D eigenvalue weighted by molar-refractivity contribution is 5.92. The fraction of sp³-hybridized carbons (Fsp3) is 0.526. The number of hydrogen-bond acceptors (Lipinski definition) is 4. The Bertz CT molecular complexity index is 846. The number of hydrogen-bond donors (Lipinski definition) is 1. The number of carbonyl (C=O) groups excluding carboxylic acids is 1. The number of benzene rings is 1. The topological polar surface area (TPSA) is 63.1 Å². The van der Waals surface area contributed by atoms with E-state index in [9.17, 15) is 18.0 Å². The molecule has 28 heavy (non-hydrogen) atoms. The summed E-state index contributed by atoms with van der Waals surface area (Å²) < 4.78 is 40.6. The normalized spacial score (nSPS) is 20.9. The second-order valence-corrected chi connectivity index (χ2v) is 7.53. The van der Waals surface area contributed by atoms with Gasteiger partial charge in [0, 0.05) is 24.2 Å². The highest BCUT2D eigenvalue weighted by atomic mass is 19.4. The molecule has 1 N–H and O–H groups in total. The first-order valence-corrected chi connectivity index (χ1v) is 9.49. The van der Waals surface area contributed by atoms with E-state index >= 15 is 0 Å². The second kappa shape index (κ2) is 7.54. The van der Waals surface area contributed by atoms with Gasteiger partial charge in [-0.3, -0.25) is 9.69 Å². The maximum atomic E-state index is 12.8. The Labute approximate surface area is 160 Å². The van der Waals surface area contributed by atoms with E-state index in [-0.39, 0.29) is 24.1 Å². The molecule has 0 bridgehead atoms. The molecule has 1 saturated carbocycles. The quantitative estimate of drug-likeness (QED) is 0.845. The van der Waals surface area contributed by atoms with Gasteiger partial charge in [0.15, 0.2) is 0 Å². The smallest absolute Gasteiger partial charge is 0.325 e. The van der Waals surface area contributed by atoms with Gasteiger partial charge in [0.1, 0.15) is 12.2 Å². The van der Waals surface area contributed by atoms with Crippen LogP contribution in [0.15, 0.2) is 30.6 Å². The minimum atomic E-state index is -4.43. The summed E-state index contributed by atoms with van der Waals surface area (Å²) in [7, 11) is 0. The summed E-state index contributed by atoms with van der Waals surface area (Å²) in [5.41, 5.74) is -0.621. The van der Waals surface area contributed by atoms with E-state index in [0.717, 1.165) is 50.2 Å². The molecule has 1 aliphatic heterocycles. The summed E-state index contributed by atoms with van der Waals surface area (Å²) in [6.45, 7) is 1.62. The van der Waals surface area contributed by atoms with Crippen LogP contribution in [0.25, 0.3) is 0 Å². The number of nitrogens with zero attached hydrogens (tertiary/aromatic N) is 4. The van der Waals surface area contributed by atoms with E-state index in [2.05, 4.69) is 20.1 Å². The number of alkyl halides is 3. The number of anilines is 1. The van der Waals surface area contributed by atoms with E-state index in [0.29, 0.717) is 12.6 Å². The van der Waals surface area contributed by atoms with Crippen LogP contribution in [0, 0.1) is 0 Å². The van der Waals surface area contributed by atoms with Gasteiger partial charge >= 0.3 is 6.18 Å². The molecule has 1 saturated heterocycles. The van der Waals surface area contributed by atoms with Crippen LogP contribution in [0.4, 0.5) is 18.9 Å². The monoisotopic (exact) mass is 393 g/mol. The maximum absolute atomic E-state index is 12.8. The zero-order chi connectivity index (χ0) is 19.7. The average molecular weight is 393 g/mol. The lowest BCUT2D eigenvalue weighted by Crippen LogP contribution is -2.40. The van der Waals surface area contributed by atoms with Gasteiger partial charge < -0.3 is 9.88 Å². The number of nitrogens with one attached hydrogen (secondary N) is 1. The molecule has 6 nitrogen and oxygen atoms in total. The lowest BCUT2D eigenvalue weighted by Gasteiger charge is -2.31. The van der Waals surface area contributed by atoms with Crippen LogP contribution in [0.5, 0.6) is 0 Å². The van der Waals surface area contributed by atoms with Gasteiger partial charge in [-0.25, -0.2) is 0 Å². The molecule has 2 aromatic rings. The molecular weight excluding hydrogens is 371 g/mol. The molecule has 0 radical (unpaired) electrons. The van der Waals surface area contributed by atoms with Crippen LogP contribution >= 0.6 is 0 Å². The SMILES string of the molecule is O=C(CN1CCCC(c2nncn2C2CC2)C1)Nc1cccc(C(F)(F)F)c1. The minimum Gasteiger partial charge on any atom is -0.325 e. The van der Waals surface area contributed by atoms with Crippen molar-refractivity contribution in [1.82, 2.24) is 19.7 Å². The molecule has 2 heterocycles. The molecule has 0 spiro atoms. The molecule has 2 fully saturated rings. The van der Waals surface area contributed by atoms with Gasteiger partial charge in [0.25, 0.3) is 0 Å². The molecule has 4 rings (SSSR count). The van der Waals surface area contributed by atoms with Gasteiger partial charge in [-0.2, -0.15) is 13.2 Å². The van der Waals surface area contributed by atoms with E-state index in [1.165, 1.54) is 12.1 Å². The average Bonchev–Trinajstić information content (AvgIpc) is 3.38. The number of likely N-dealkylation sites (tertiary alicyclic amines) is 1. The number of aromatic nitrogens is 3. The highest BCUT2D eigenvalue weighted by Crippen LogP contribution is 2.38. The second-order valence-electron chi connectivity index (χ2n) is 7.53. The van der Waals surface area contributed by atoms with Gasteiger partial charge in [0.2, 0.25) is 5.91 Å². The van der Waals surface area contributed by atoms with E-state index < -0.39 is 11.7 Å². The maximum Gasteiger partial charge on any atom is 0.416 e. The van der Waals surface area contributed by atoms with E-state index in [4.69, 9.17) is 0 Å². The Morgan fingerprint density at radius 1 is 1.25 bits per heavy atom. The summed E-state index contributed by atoms with van der Waals surface area (Å²) in [6.07, 6.45) is 1.60. The van der Waals surface area contributed by atoms with Crippen molar-refractivity contribution in [3.05, 3.63) is 42.0 Å². The molecule has 1 amide bonds. The summed E-state index contributed by atoms with van der Waals surface area (Å²) in [5, 5.41) is 10.9. The number of piperidine rings is 1. The molecule has 1 unspecified atom stereocenters. The van der Waals surface area contributed by atoms with Gasteiger partial charge in [0.05, 0.1) is 12.1 Å².